The highest BCUT2D eigenvalue weighted by molar-refractivity contribution is 5.28. The van der Waals surface area contributed by atoms with E-state index in [1.807, 2.05) is 0 Å². The van der Waals surface area contributed by atoms with Crippen LogP contribution >= 0.6 is 0 Å². The van der Waals surface area contributed by atoms with Crippen molar-refractivity contribution in [2.24, 2.45) is 16.7 Å². The lowest BCUT2D eigenvalue weighted by Crippen LogP contribution is -2.48. The van der Waals surface area contributed by atoms with Gasteiger partial charge in [0.05, 0.1) is 5.76 Å². The molecule has 0 aliphatic heterocycles. The summed E-state index contributed by atoms with van der Waals surface area (Å²) < 4.78 is 0. The summed E-state index contributed by atoms with van der Waals surface area (Å²) in [4.78, 5) is 0. The van der Waals surface area contributed by atoms with Crippen molar-refractivity contribution in [3.63, 3.8) is 0 Å². The molecule has 0 radical (unpaired) electrons. The zero-order valence-electron chi connectivity index (χ0n) is 12.5. The van der Waals surface area contributed by atoms with Crippen LogP contribution in [-0.2, 0) is 0 Å². The summed E-state index contributed by atoms with van der Waals surface area (Å²) in [6.07, 6.45) is 7.04. The van der Waals surface area contributed by atoms with Gasteiger partial charge in [0, 0.05) is 5.41 Å². The Bertz CT molecular complexity index is 392. The summed E-state index contributed by atoms with van der Waals surface area (Å²) in [5.74, 6) is 1.01. The first-order chi connectivity index (χ1) is 8.38. The van der Waals surface area contributed by atoms with Crippen LogP contribution in [0.15, 0.2) is 23.5 Å². The lowest BCUT2D eigenvalue weighted by atomic mass is 9.48. The zero-order chi connectivity index (χ0) is 13.6. The fourth-order valence-electron chi connectivity index (χ4n) is 4.78. The van der Waals surface area contributed by atoms with E-state index in [0.29, 0.717) is 11.7 Å². The SMILES string of the molecule is C=C(O)C1(CC)CCCC2(C)C(C)=C(C)CCC21. The molecule has 1 nitrogen and oxygen atoms in total. The standard InChI is InChI=1S/C17H28O/c1-6-17(14(4)18)11-7-10-16(5)13(3)12(2)8-9-15(16)17/h15,18H,4,6-11H2,1-3,5H3. The van der Waals surface area contributed by atoms with Crippen LogP contribution in [0.2, 0.25) is 0 Å². The molecule has 18 heavy (non-hydrogen) atoms. The molecule has 0 amide bonds. The van der Waals surface area contributed by atoms with Crippen LogP contribution < -0.4 is 0 Å². The second-order valence-electron chi connectivity index (χ2n) is 6.72. The largest absolute Gasteiger partial charge is 0.512 e. The third kappa shape index (κ3) is 1.66. The quantitative estimate of drug-likeness (QED) is 0.513. The third-order valence-electron chi connectivity index (χ3n) is 6.27. The smallest absolute Gasteiger partial charge is 0.0915 e. The lowest BCUT2D eigenvalue weighted by Gasteiger charge is -2.56. The van der Waals surface area contributed by atoms with Crippen LogP contribution in [0.1, 0.15) is 66.2 Å². The molecule has 1 saturated carbocycles. The van der Waals surface area contributed by atoms with Gasteiger partial charge < -0.3 is 5.11 Å². The highest BCUT2D eigenvalue weighted by atomic mass is 16.3. The molecule has 2 aliphatic rings. The predicted molar refractivity (Wildman–Crippen MR) is 77.5 cm³/mol. The summed E-state index contributed by atoms with van der Waals surface area (Å²) in [6.45, 7) is 13.2. The van der Waals surface area contributed by atoms with Crippen molar-refractivity contribution < 1.29 is 5.11 Å². The first-order valence-corrected chi connectivity index (χ1v) is 7.43. The van der Waals surface area contributed by atoms with E-state index in [0.717, 1.165) is 12.8 Å². The highest BCUT2D eigenvalue weighted by Crippen LogP contribution is 2.62. The van der Waals surface area contributed by atoms with Crippen molar-refractivity contribution in [1.29, 1.82) is 0 Å². The number of hydrogen-bond acceptors (Lipinski definition) is 1. The molecule has 0 saturated heterocycles. The van der Waals surface area contributed by atoms with Crippen LogP contribution in [0, 0.1) is 16.7 Å². The van der Waals surface area contributed by atoms with Crippen molar-refractivity contribution in [2.75, 3.05) is 0 Å². The molecule has 1 heteroatoms. The molecule has 1 N–H and O–H groups in total. The minimum Gasteiger partial charge on any atom is -0.512 e. The van der Waals surface area contributed by atoms with Crippen molar-refractivity contribution in [3.05, 3.63) is 23.5 Å². The molecule has 0 aromatic heterocycles. The van der Waals surface area contributed by atoms with Crippen LogP contribution in [0.3, 0.4) is 0 Å². The van der Waals surface area contributed by atoms with E-state index in [1.54, 1.807) is 11.1 Å². The van der Waals surface area contributed by atoms with Crippen LogP contribution in [-0.4, -0.2) is 5.11 Å². The molecule has 2 aliphatic carbocycles. The predicted octanol–water partition coefficient (Wildman–Crippen LogP) is 5.39. The summed E-state index contributed by atoms with van der Waals surface area (Å²) in [6, 6.07) is 0. The number of fused-ring (bicyclic) bond motifs is 1. The second-order valence-corrected chi connectivity index (χ2v) is 6.72. The van der Waals surface area contributed by atoms with Gasteiger partial charge in [-0.3, -0.25) is 0 Å². The zero-order valence-corrected chi connectivity index (χ0v) is 12.5. The van der Waals surface area contributed by atoms with Gasteiger partial charge in [-0.15, -0.1) is 0 Å². The van der Waals surface area contributed by atoms with Gasteiger partial charge >= 0.3 is 0 Å². The third-order valence-corrected chi connectivity index (χ3v) is 6.27. The molecular formula is C17H28O. The Morgan fingerprint density at radius 2 is 2.06 bits per heavy atom. The summed E-state index contributed by atoms with van der Waals surface area (Å²) in [7, 11) is 0. The first-order valence-electron chi connectivity index (χ1n) is 7.43. The van der Waals surface area contributed by atoms with Gasteiger partial charge in [-0.2, -0.15) is 0 Å². The molecule has 0 aromatic rings. The number of aliphatic hydroxyl groups is 1. The molecular weight excluding hydrogens is 220 g/mol. The molecule has 0 aromatic carbocycles. The first kappa shape index (κ1) is 13.7. The second kappa shape index (κ2) is 4.43. The number of allylic oxidation sites excluding steroid dienone is 3. The summed E-state index contributed by atoms with van der Waals surface area (Å²) in [5.41, 5.74) is 3.40. The fourth-order valence-corrected chi connectivity index (χ4v) is 4.78. The van der Waals surface area contributed by atoms with Crippen molar-refractivity contribution >= 4 is 0 Å². The van der Waals surface area contributed by atoms with Gasteiger partial charge in [-0.1, -0.05) is 38.0 Å². The van der Waals surface area contributed by atoms with Gasteiger partial charge in [0.2, 0.25) is 0 Å². The van der Waals surface area contributed by atoms with Crippen LogP contribution in [0.25, 0.3) is 0 Å². The van der Waals surface area contributed by atoms with E-state index in [1.165, 1.54) is 25.7 Å². The molecule has 1 fully saturated rings. The van der Waals surface area contributed by atoms with Crippen molar-refractivity contribution in [2.45, 2.75) is 66.2 Å². The Hall–Kier alpha value is -0.720. The van der Waals surface area contributed by atoms with Gasteiger partial charge in [0.1, 0.15) is 0 Å². The van der Waals surface area contributed by atoms with Gasteiger partial charge in [0.15, 0.2) is 0 Å². The Labute approximate surface area is 112 Å². The van der Waals surface area contributed by atoms with E-state index in [4.69, 9.17) is 0 Å². The number of rotatable bonds is 2. The molecule has 3 atom stereocenters. The Morgan fingerprint density at radius 1 is 1.39 bits per heavy atom. The Kier molecular flexibility index (Phi) is 3.38. The lowest BCUT2D eigenvalue weighted by molar-refractivity contribution is -0.0160. The van der Waals surface area contributed by atoms with Crippen molar-refractivity contribution in [3.8, 4) is 0 Å². The molecule has 102 valence electrons. The number of aliphatic hydroxyl groups excluding tert-OH is 1. The Morgan fingerprint density at radius 3 is 2.61 bits per heavy atom. The maximum absolute atomic E-state index is 10.2. The number of hydrogen-bond donors (Lipinski definition) is 1. The highest BCUT2D eigenvalue weighted by Gasteiger charge is 2.53. The molecule has 3 unspecified atom stereocenters. The average Bonchev–Trinajstić information content (AvgIpc) is 2.33. The Balaban J connectivity index is 2.50. The molecule has 2 rings (SSSR count). The normalized spacial score (nSPS) is 40.6. The maximum Gasteiger partial charge on any atom is 0.0915 e. The average molecular weight is 248 g/mol. The molecule has 0 bridgehead atoms. The topological polar surface area (TPSA) is 20.2 Å². The van der Waals surface area contributed by atoms with E-state index in [9.17, 15) is 5.11 Å². The van der Waals surface area contributed by atoms with Crippen LogP contribution in [0.4, 0.5) is 0 Å². The van der Waals surface area contributed by atoms with Crippen molar-refractivity contribution in [1.82, 2.24) is 0 Å². The van der Waals surface area contributed by atoms with Gasteiger partial charge in [-0.05, 0) is 57.3 Å². The monoisotopic (exact) mass is 248 g/mol. The van der Waals surface area contributed by atoms with E-state index < -0.39 is 0 Å². The van der Waals surface area contributed by atoms with Gasteiger partial charge in [-0.25, -0.2) is 0 Å². The van der Waals surface area contributed by atoms with E-state index >= 15 is 0 Å². The van der Waals surface area contributed by atoms with E-state index in [-0.39, 0.29) is 10.8 Å². The maximum atomic E-state index is 10.2. The molecule has 0 heterocycles. The minimum absolute atomic E-state index is 0.0328. The van der Waals surface area contributed by atoms with Gasteiger partial charge in [0.25, 0.3) is 0 Å². The fraction of sp³-hybridized carbons (Fsp3) is 0.765. The van der Waals surface area contributed by atoms with E-state index in [2.05, 4.69) is 34.3 Å². The summed E-state index contributed by atoms with van der Waals surface area (Å²) in [5, 5.41) is 10.2. The molecule has 0 spiro atoms. The van der Waals surface area contributed by atoms with Crippen LogP contribution in [0.5, 0.6) is 0 Å². The summed E-state index contributed by atoms with van der Waals surface area (Å²) >= 11 is 0. The minimum atomic E-state index is -0.0328.